The Labute approximate surface area is 120 Å². The van der Waals surface area contributed by atoms with Crippen LogP contribution in [0.25, 0.3) is 0 Å². The number of allylic oxidation sites excluding steroid dienone is 2. The minimum Gasteiger partial charge on any atom is -1.00 e. The van der Waals surface area contributed by atoms with E-state index in [4.69, 9.17) is 0 Å². The molecule has 17 heavy (non-hydrogen) atoms. The van der Waals surface area contributed by atoms with E-state index in [1.54, 1.807) is 0 Å². The summed E-state index contributed by atoms with van der Waals surface area (Å²) in [6.45, 7) is 0.944. The first-order valence-electron chi connectivity index (χ1n) is 4.51. The molecule has 0 saturated heterocycles. The van der Waals surface area contributed by atoms with Crippen LogP contribution in [-0.2, 0) is 17.1 Å². The molecule has 0 aromatic carbocycles. The maximum absolute atomic E-state index is 2.94. The molecule has 0 aromatic rings. The van der Waals surface area contributed by atoms with E-state index < -0.39 is 0 Å². The zero-order valence-electron chi connectivity index (χ0n) is 9.89. The quantitative estimate of drug-likeness (QED) is 0.251. The summed E-state index contributed by atoms with van der Waals surface area (Å²) in [5.74, 6) is 0. The standard InChI is InChI=1S/C9H11N.C5.ClH.Fe/c1-10(2,3)8-9-6-4-5-7-9;1-2-4-5-3-1;;/h8H2,1-3H3;;1H;/q;-1;;+2/p-1. The van der Waals surface area contributed by atoms with Crippen molar-refractivity contribution in [3.63, 3.8) is 0 Å². The molecular formula is C14H11ClFeN. The van der Waals surface area contributed by atoms with Crippen LogP contribution < -0.4 is 12.4 Å². The molecule has 0 bridgehead atoms. The van der Waals surface area contributed by atoms with Crippen molar-refractivity contribution in [1.82, 2.24) is 0 Å². The Morgan fingerprint density at radius 3 is 2.06 bits per heavy atom. The van der Waals surface area contributed by atoms with E-state index in [-0.39, 0.29) is 29.5 Å². The van der Waals surface area contributed by atoms with E-state index >= 15 is 0 Å². The molecule has 2 aliphatic rings. The number of rotatable bonds is 2. The summed E-state index contributed by atoms with van der Waals surface area (Å²) < 4.78 is 0.901. The molecule has 0 N–H and O–H groups in total. The van der Waals surface area contributed by atoms with E-state index in [1.165, 1.54) is 0 Å². The zero-order chi connectivity index (χ0) is 11.1. The van der Waals surface area contributed by atoms with Gasteiger partial charge < -0.3 is 16.9 Å². The van der Waals surface area contributed by atoms with Crippen LogP contribution in [0.15, 0.2) is 40.0 Å². The maximum Gasteiger partial charge on any atom is 2.00 e. The van der Waals surface area contributed by atoms with Crippen molar-refractivity contribution in [1.29, 1.82) is 0 Å². The van der Waals surface area contributed by atoms with E-state index in [2.05, 4.69) is 73.8 Å². The van der Waals surface area contributed by atoms with Crippen LogP contribution in [0.5, 0.6) is 0 Å². The topological polar surface area (TPSA) is 0 Å². The van der Waals surface area contributed by atoms with Gasteiger partial charge >= 0.3 is 17.1 Å². The fourth-order valence-electron chi connectivity index (χ4n) is 0.954. The Balaban J connectivity index is 0. The summed E-state index contributed by atoms with van der Waals surface area (Å²) >= 11 is 0. The predicted octanol–water partition coefficient (Wildman–Crippen LogP) is -1.47. The van der Waals surface area contributed by atoms with Crippen molar-refractivity contribution >= 4 is 0 Å². The zero-order valence-corrected chi connectivity index (χ0v) is 11.7. The number of quaternary nitrogens is 1. The Kier molecular flexibility index (Phi) is 9.70. The Morgan fingerprint density at radius 2 is 1.76 bits per heavy atom. The van der Waals surface area contributed by atoms with Crippen LogP contribution in [0, 0.1) is 18.2 Å². The van der Waals surface area contributed by atoms with Crippen LogP contribution in [0.3, 0.4) is 0 Å². The Hall–Kier alpha value is -1.07. The average molecular weight is 285 g/mol. The summed E-state index contributed by atoms with van der Waals surface area (Å²) in [4.78, 5) is 0. The van der Waals surface area contributed by atoms with Crippen LogP contribution in [0.2, 0.25) is 0 Å². The van der Waals surface area contributed by atoms with Gasteiger partial charge in [-0.2, -0.15) is 0 Å². The van der Waals surface area contributed by atoms with Gasteiger partial charge in [-0.05, 0) is 0 Å². The Bertz CT molecular complexity index is 497. The normalized spacial score (nSPS) is 11.8. The Morgan fingerprint density at radius 1 is 1.06 bits per heavy atom. The van der Waals surface area contributed by atoms with Gasteiger partial charge in [-0.15, -0.1) is 18.2 Å². The first kappa shape index (κ1) is 18.3. The number of likely N-dealkylation sites (N-methyl/N-ethyl adjacent to an activating group) is 1. The average Bonchev–Trinajstić information content (AvgIpc) is 2.71. The molecule has 0 aliphatic heterocycles. The number of halogens is 1. The van der Waals surface area contributed by atoms with Crippen molar-refractivity contribution < 1.29 is 34.0 Å². The second-order valence-electron chi connectivity index (χ2n) is 4.05. The molecule has 0 aromatic heterocycles. The van der Waals surface area contributed by atoms with E-state index in [1.807, 2.05) is 0 Å². The van der Waals surface area contributed by atoms with Gasteiger partial charge in [-0.1, -0.05) is 5.57 Å². The van der Waals surface area contributed by atoms with E-state index in [0.717, 1.165) is 16.6 Å². The number of hydrogen-bond acceptors (Lipinski definition) is 0. The largest absolute Gasteiger partial charge is 2.00 e. The van der Waals surface area contributed by atoms with Gasteiger partial charge in [-0.25, -0.2) is 11.5 Å². The van der Waals surface area contributed by atoms with Crippen molar-refractivity contribution in [3.05, 3.63) is 58.2 Å². The van der Waals surface area contributed by atoms with Crippen molar-refractivity contribution in [3.8, 4) is 0 Å². The maximum atomic E-state index is 2.94. The van der Waals surface area contributed by atoms with Gasteiger partial charge in [0.25, 0.3) is 0 Å². The smallest absolute Gasteiger partial charge is 1.00 e. The summed E-state index contributed by atoms with van der Waals surface area (Å²) in [5.41, 5.74) is 17.0. The summed E-state index contributed by atoms with van der Waals surface area (Å²) in [7, 11) is 6.40. The predicted molar refractivity (Wildman–Crippen MR) is 57.2 cm³/mol. The molecule has 0 heterocycles. The molecule has 1 radical (unpaired) electrons. The van der Waals surface area contributed by atoms with Crippen LogP contribution in [0.4, 0.5) is 0 Å². The second-order valence-corrected chi connectivity index (χ2v) is 4.05. The van der Waals surface area contributed by atoms with E-state index in [9.17, 15) is 0 Å². The molecule has 0 saturated carbocycles. The van der Waals surface area contributed by atoms with Crippen molar-refractivity contribution in [2.75, 3.05) is 27.7 Å². The fraction of sp³-hybridized carbons (Fsp3) is 0.286. The molecule has 0 amide bonds. The number of hydrogen-bond donors (Lipinski definition) is 0. The first-order valence-corrected chi connectivity index (χ1v) is 4.51. The minimum atomic E-state index is 0. The second kappa shape index (κ2) is 9.01. The molecule has 1 nitrogen and oxygen atoms in total. The molecule has 2 aliphatic carbocycles. The van der Waals surface area contributed by atoms with Crippen molar-refractivity contribution in [2.45, 2.75) is 0 Å². The van der Waals surface area contributed by atoms with E-state index in [0.29, 0.717) is 0 Å². The van der Waals surface area contributed by atoms with Gasteiger partial charge in [0.2, 0.25) is 0 Å². The van der Waals surface area contributed by atoms with Crippen LogP contribution in [-0.4, -0.2) is 32.2 Å². The molecule has 0 fully saturated rings. The molecule has 87 valence electrons. The molecule has 0 unspecified atom stereocenters. The molecule has 3 heteroatoms. The van der Waals surface area contributed by atoms with Crippen molar-refractivity contribution in [2.24, 2.45) is 0 Å². The first-order chi connectivity index (χ1) is 7.08. The molecular weight excluding hydrogens is 273 g/mol. The van der Waals surface area contributed by atoms with Gasteiger partial charge in [0.05, 0.1) is 27.7 Å². The molecule has 2 rings (SSSR count). The fourth-order valence-corrected chi connectivity index (χ4v) is 0.954. The van der Waals surface area contributed by atoms with Gasteiger partial charge in [0.1, 0.15) is 0 Å². The minimum absolute atomic E-state index is 0. The van der Waals surface area contributed by atoms with Crippen LogP contribution in [0.1, 0.15) is 0 Å². The van der Waals surface area contributed by atoms with Gasteiger partial charge in [0.15, 0.2) is 0 Å². The summed E-state index contributed by atoms with van der Waals surface area (Å²) in [6.07, 6.45) is 7.94. The summed E-state index contributed by atoms with van der Waals surface area (Å²) in [5, 5.41) is 0. The van der Waals surface area contributed by atoms with Gasteiger partial charge in [-0.3, -0.25) is 22.9 Å². The monoisotopic (exact) mass is 284 g/mol. The molecule has 0 atom stereocenters. The molecule has 0 spiro atoms. The SMILES string of the molecule is C[N+](C)(C)CC1=C=C=C=[C-]1.[C]1=C=C=C=[C-]1.[Cl-].[Fe+2]. The van der Waals surface area contributed by atoms with Gasteiger partial charge in [0, 0.05) is 0 Å². The third-order valence-electron chi connectivity index (χ3n) is 1.43. The van der Waals surface area contributed by atoms with Crippen LogP contribution >= 0.6 is 0 Å². The third-order valence-corrected chi connectivity index (χ3v) is 1.43. The third kappa shape index (κ3) is 9.84. The number of nitrogens with zero attached hydrogens (tertiary/aromatic N) is 1. The summed E-state index contributed by atoms with van der Waals surface area (Å²) in [6, 6.07) is 0.